The molecule has 2 heterocycles. The van der Waals surface area contributed by atoms with E-state index in [0.717, 1.165) is 22.8 Å². The molecule has 5 heteroatoms. The van der Waals surface area contributed by atoms with Gasteiger partial charge in [0.1, 0.15) is 5.82 Å². The summed E-state index contributed by atoms with van der Waals surface area (Å²) in [5.41, 5.74) is 0. The molecular weight excluding hydrogens is 268 g/mol. The number of nitrogens with zero attached hydrogens (tertiary/aromatic N) is 3. The van der Waals surface area contributed by atoms with E-state index in [0.29, 0.717) is 12.0 Å². The van der Waals surface area contributed by atoms with Crippen LogP contribution < -0.4 is 10.2 Å². The third-order valence-electron chi connectivity index (χ3n) is 3.01. The van der Waals surface area contributed by atoms with Crippen LogP contribution in [0.4, 0.5) is 11.8 Å². The second kappa shape index (κ2) is 4.57. The lowest BCUT2D eigenvalue weighted by molar-refractivity contribution is 0.625. The van der Waals surface area contributed by atoms with Crippen molar-refractivity contribution in [3.63, 3.8) is 0 Å². The molecule has 1 aromatic rings. The molecule has 0 spiro atoms. The Hall–Kier alpha value is -0.840. The molecule has 0 amide bonds. The summed E-state index contributed by atoms with van der Waals surface area (Å²) in [6.07, 6.45) is 3.04. The largest absolute Gasteiger partial charge is 0.357 e. The second-order valence-electron chi connectivity index (χ2n) is 4.46. The molecule has 1 aliphatic heterocycles. The van der Waals surface area contributed by atoms with Crippen LogP contribution in [-0.4, -0.2) is 29.6 Å². The molecule has 0 radical (unpaired) electrons. The van der Waals surface area contributed by atoms with Crippen LogP contribution in [0, 0.1) is 5.92 Å². The van der Waals surface area contributed by atoms with Gasteiger partial charge in [0.15, 0.2) is 0 Å². The van der Waals surface area contributed by atoms with Gasteiger partial charge in [-0.2, -0.15) is 4.98 Å². The van der Waals surface area contributed by atoms with Gasteiger partial charge in [-0.1, -0.05) is 6.92 Å². The minimum absolute atomic E-state index is 0.547. The van der Waals surface area contributed by atoms with Crippen LogP contribution in [0.15, 0.2) is 10.7 Å². The minimum atomic E-state index is 0.547. The Morgan fingerprint density at radius 3 is 2.81 bits per heavy atom. The summed E-state index contributed by atoms with van der Waals surface area (Å²) in [4.78, 5) is 11.0. The smallest absolute Gasteiger partial charge is 0.224 e. The second-order valence-corrected chi connectivity index (χ2v) is 5.31. The van der Waals surface area contributed by atoms with Crippen molar-refractivity contribution in [2.45, 2.75) is 26.3 Å². The van der Waals surface area contributed by atoms with Crippen LogP contribution in [0.25, 0.3) is 0 Å². The Bertz CT molecular complexity index is 382. The fraction of sp³-hybridized carbons (Fsp3) is 0.636. The molecule has 0 bridgehead atoms. The SMILES string of the molecule is CNc1ncc(Br)c(N2CC(C)CC2C)n1. The lowest BCUT2D eigenvalue weighted by atomic mass is 10.1. The monoisotopic (exact) mass is 284 g/mol. The van der Waals surface area contributed by atoms with Gasteiger partial charge in [0.2, 0.25) is 5.95 Å². The number of hydrogen-bond acceptors (Lipinski definition) is 4. The van der Waals surface area contributed by atoms with Crippen LogP contribution in [0.3, 0.4) is 0 Å². The molecule has 16 heavy (non-hydrogen) atoms. The first kappa shape index (κ1) is 11.6. The highest BCUT2D eigenvalue weighted by atomic mass is 79.9. The predicted octanol–water partition coefficient (Wildman–Crippen LogP) is 2.52. The summed E-state index contributed by atoms with van der Waals surface area (Å²) in [5, 5.41) is 2.97. The number of aromatic nitrogens is 2. The van der Waals surface area contributed by atoms with Crippen molar-refractivity contribution in [2.24, 2.45) is 5.92 Å². The Morgan fingerprint density at radius 1 is 1.50 bits per heavy atom. The molecular formula is C11H17BrN4. The summed E-state index contributed by atoms with van der Waals surface area (Å²) >= 11 is 3.52. The van der Waals surface area contributed by atoms with Crippen molar-refractivity contribution < 1.29 is 0 Å². The van der Waals surface area contributed by atoms with Gasteiger partial charge in [-0.25, -0.2) is 4.98 Å². The molecule has 2 unspecified atom stereocenters. The van der Waals surface area contributed by atoms with Gasteiger partial charge >= 0.3 is 0 Å². The van der Waals surface area contributed by atoms with E-state index >= 15 is 0 Å². The molecule has 1 saturated heterocycles. The molecule has 1 N–H and O–H groups in total. The predicted molar refractivity (Wildman–Crippen MR) is 69.9 cm³/mol. The number of hydrogen-bond donors (Lipinski definition) is 1. The summed E-state index contributed by atoms with van der Waals surface area (Å²) < 4.78 is 0.965. The van der Waals surface area contributed by atoms with Crippen LogP contribution in [-0.2, 0) is 0 Å². The van der Waals surface area contributed by atoms with E-state index in [2.05, 4.69) is 50.0 Å². The van der Waals surface area contributed by atoms with Gasteiger partial charge in [0.05, 0.1) is 4.47 Å². The standard InChI is InChI=1S/C11H17BrN4/c1-7-4-8(2)16(6-7)10-9(12)5-14-11(13-3)15-10/h5,7-8H,4,6H2,1-3H3,(H,13,14,15). The van der Waals surface area contributed by atoms with Crippen LogP contribution >= 0.6 is 15.9 Å². The zero-order valence-electron chi connectivity index (χ0n) is 9.87. The molecule has 2 rings (SSSR count). The molecule has 0 aliphatic carbocycles. The van der Waals surface area contributed by atoms with E-state index in [1.807, 2.05) is 13.2 Å². The molecule has 0 aromatic carbocycles. The fourth-order valence-corrected chi connectivity index (χ4v) is 2.69. The van der Waals surface area contributed by atoms with Crippen LogP contribution in [0.5, 0.6) is 0 Å². The van der Waals surface area contributed by atoms with Crippen molar-refractivity contribution in [3.8, 4) is 0 Å². The maximum absolute atomic E-state index is 4.51. The van der Waals surface area contributed by atoms with E-state index in [4.69, 9.17) is 0 Å². The van der Waals surface area contributed by atoms with Gasteiger partial charge in [0.25, 0.3) is 0 Å². The van der Waals surface area contributed by atoms with Crippen LogP contribution in [0.1, 0.15) is 20.3 Å². The van der Waals surface area contributed by atoms with Gasteiger partial charge in [0, 0.05) is 25.8 Å². The minimum Gasteiger partial charge on any atom is -0.357 e. The number of nitrogens with one attached hydrogen (secondary N) is 1. The van der Waals surface area contributed by atoms with Gasteiger partial charge in [-0.3, -0.25) is 0 Å². The molecule has 1 aromatic heterocycles. The first-order valence-electron chi connectivity index (χ1n) is 5.58. The number of rotatable bonds is 2. The van der Waals surface area contributed by atoms with Crippen LogP contribution in [0.2, 0.25) is 0 Å². The Kier molecular flexibility index (Phi) is 3.33. The number of anilines is 2. The van der Waals surface area contributed by atoms with E-state index in [9.17, 15) is 0 Å². The highest BCUT2D eigenvalue weighted by Crippen LogP contribution is 2.32. The van der Waals surface area contributed by atoms with Gasteiger partial charge in [-0.15, -0.1) is 0 Å². The van der Waals surface area contributed by atoms with Gasteiger partial charge < -0.3 is 10.2 Å². The Balaban J connectivity index is 2.32. The van der Waals surface area contributed by atoms with E-state index < -0.39 is 0 Å². The lowest BCUT2D eigenvalue weighted by Crippen LogP contribution is -2.28. The first-order chi connectivity index (χ1) is 7.61. The maximum atomic E-state index is 4.51. The first-order valence-corrected chi connectivity index (χ1v) is 6.38. The van der Waals surface area contributed by atoms with Crippen molar-refractivity contribution in [2.75, 3.05) is 23.8 Å². The summed E-state index contributed by atoms with van der Waals surface area (Å²) in [6, 6.07) is 0.547. The van der Waals surface area contributed by atoms with Crippen molar-refractivity contribution in [1.29, 1.82) is 0 Å². The zero-order chi connectivity index (χ0) is 11.7. The quantitative estimate of drug-likeness (QED) is 0.906. The topological polar surface area (TPSA) is 41.1 Å². The molecule has 88 valence electrons. The van der Waals surface area contributed by atoms with E-state index in [1.54, 1.807) is 0 Å². The van der Waals surface area contributed by atoms with E-state index in [-0.39, 0.29) is 0 Å². The molecule has 2 atom stereocenters. The molecule has 1 fully saturated rings. The number of halogens is 1. The van der Waals surface area contributed by atoms with Crippen molar-refractivity contribution in [1.82, 2.24) is 9.97 Å². The average Bonchev–Trinajstić information content (AvgIpc) is 2.58. The van der Waals surface area contributed by atoms with Gasteiger partial charge in [-0.05, 0) is 35.2 Å². The highest BCUT2D eigenvalue weighted by Gasteiger charge is 2.28. The highest BCUT2D eigenvalue weighted by molar-refractivity contribution is 9.10. The maximum Gasteiger partial charge on any atom is 0.224 e. The molecule has 4 nitrogen and oxygen atoms in total. The Morgan fingerprint density at radius 2 is 2.25 bits per heavy atom. The summed E-state index contributed by atoms with van der Waals surface area (Å²) in [6.45, 7) is 5.60. The molecule has 1 aliphatic rings. The summed E-state index contributed by atoms with van der Waals surface area (Å²) in [7, 11) is 1.84. The Labute approximate surface area is 105 Å². The average molecular weight is 285 g/mol. The fourth-order valence-electron chi connectivity index (χ4n) is 2.28. The third-order valence-corrected chi connectivity index (χ3v) is 3.56. The van der Waals surface area contributed by atoms with Crippen molar-refractivity contribution >= 4 is 27.7 Å². The third kappa shape index (κ3) is 2.14. The van der Waals surface area contributed by atoms with E-state index in [1.165, 1.54) is 6.42 Å². The lowest BCUT2D eigenvalue weighted by Gasteiger charge is -2.23. The van der Waals surface area contributed by atoms with Crippen molar-refractivity contribution in [3.05, 3.63) is 10.7 Å². The zero-order valence-corrected chi connectivity index (χ0v) is 11.5. The summed E-state index contributed by atoms with van der Waals surface area (Å²) in [5.74, 6) is 2.40. The molecule has 0 saturated carbocycles. The normalized spacial score (nSPS) is 24.9.